The van der Waals surface area contributed by atoms with Crippen LogP contribution in [0.3, 0.4) is 0 Å². The van der Waals surface area contributed by atoms with Crippen molar-refractivity contribution >= 4 is 45.6 Å². The molecule has 0 bridgehead atoms. The molecule has 2 aromatic carbocycles. The summed E-state index contributed by atoms with van der Waals surface area (Å²) >= 11 is 14.1. The summed E-state index contributed by atoms with van der Waals surface area (Å²) in [7, 11) is 0. The molecule has 0 spiro atoms. The number of thiazole rings is 1. The number of rotatable bonds is 11. The van der Waals surface area contributed by atoms with Crippen molar-refractivity contribution in [3.8, 4) is 11.3 Å². The number of hydrogen-bond acceptors (Lipinski definition) is 5. The molecule has 2 N–H and O–H groups in total. The van der Waals surface area contributed by atoms with Crippen LogP contribution in [0.2, 0.25) is 10.0 Å². The Balaban J connectivity index is 1.94. The standard InChI is InChI=1S/C25H29Cl2N3O2S/c1-17(2)14-22-24(19-8-9-20(26)21(27)15-19)29-25(33-22)30(12-10-23(32)28-11-13-31)16-18-6-4-3-5-7-18/h3-9,15,17,31H,10-14,16H2,1-2H3,(H,28,32). The zero-order valence-electron chi connectivity index (χ0n) is 18.9. The molecule has 1 heterocycles. The van der Waals surface area contributed by atoms with Gasteiger partial charge in [0.2, 0.25) is 5.91 Å². The van der Waals surface area contributed by atoms with E-state index in [9.17, 15) is 4.79 Å². The third-order valence-electron chi connectivity index (χ3n) is 5.00. The van der Waals surface area contributed by atoms with E-state index in [-0.39, 0.29) is 19.1 Å². The maximum absolute atomic E-state index is 12.2. The number of halogens is 2. The molecule has 8 heteroatoms. The van der Waals surface area contributed by atoms with E-state index in [1.165, 1.54) is 4.88 Å². The van der Waals surface area contributed by atoms with E-state index in [0.29, 0.717) is 35.5 Å². The highest BCUT2D eigenvalue weighted by Gasteiger charge is 2.20. The maximum atomic E-state index is 12.2. The summed E-state index contributed by atoms with van der Waals surface area (Å²) in [6.07, 6.45) is 1.21. The molecule has 0 aliphatic carbocycles. The van der Waals surface area contributed by atoms with Crippen LogP contribution in [-0.2, 0) is 17.8 Å². The summed E-state index contributed by atoms with van der Waals surface area (Å²) < 4.78 is 0. The zero-order chi connectivity index (χ0) is 23.8. The molecule has 0 unspecified atom stereocenters. The number of nitrogens with one attached hydrogen (secondary N) is 1. The fourth-order valence-electron chi connectivity index (χ4n) is 3.42. The second kappa shape index (κ2) is 12.4. The molecule has 0 saturated carbocycles. The Bertz CT molecular complexity index is 1060. The van der Waals surface area contributed by atoms with Gasteiger partial charge in [-0.15, -0.1) is 11.3 Å². The Morgan fingerprint density at radius 2 is 1.91 bits per heavy atom. The molecule has 3 aromatic rings. The van der Waals surface area contributed by atoms with Gasteiger partial charge in [-0.25, -0.2) is 4.98 Å². The lowest BCUT2D eigenvalue weighted by Gasteiger charge is -2.22. The molecule has 0 atom stereocenters. The number of anilines is 1. The monoisotopic (exact) mass is 505 g/mol. The highest BCUT2D eigenvalue weighted by molar-refractivity contribution is 7.16. The molecule has 0 aliphatic heterocycles. The van der Waals surface area contributed by atoms with Gasteiger partial charge in [-0.05, 0) is 30.0 Å². The van der Waals surface area contributed by atoms with Crippen molar-refractivity contribution in [2.45, 2.75) is 33.2 Å². The predicted molar refractivity (Wildman–Crippen MR) is 138 cm³/mol. The third kappa shape index (κ3) is 7.44. The van der Waals surface area contributed by atoms with Crippen LogP contribution >= 0.6 is 34.5 Å². The minimum Gasteiger partial charge on any atom is -0.395 e. The van der Waals surface area contributed by atoms with Crippen LogP contribution in [0.15, 0.2) is 48.5 Å². The minimum absolute atomic E-state index is 0.0719. The molecule has 176 valence electrons. The topological polar surface area (TPSA) is 65.5 Å². The molecule has 5 nitrogen and oxygen atoms in total. The van der Waals surface area contributed by atoms with Gasteiger partial charge in [0.25, 0.3) is 0 Å². The number of amides is 1. The Morgan fingerprint density at radius 3 is 2.58 bits per heavy atom. The van der Waals surface area contributed by atoms with Crippen LogP contribution in [0.25, 0.3) is 11.3 Å². The van der Waals surface area contributed by atoms with Gasteiger partial charge in [-0.1, -0.05) is 73.4 Å². The fraction of sp³-hybridized carbons (Fsp3) is 0.360. The summed E-state index contributed by atoms with van der Waals surface area (Å²) in [6.45, 7) is 5.72. The SMILES string of the molecule is CC(C)Cc1sc(N(CCC(=O)NCCO)Cc2ccccc2)nc1-c1ccc(Cl)c(Cl)c1. The summed E-state index contributed by atoms with van der Waals surface area (Å²) in [6, 6.07) is 15.7. The quantitative estimate of drug-likeness (QED) is 0.344. The van der Waals surface area contributed by atoms with Gasteiger partial charge in [0.15, 0.2) is 5.13 Å². The number of carbonyl (C=O) groups excluding carboxylic acids is 1. The maximum Gasteiger partial charge on any atom is 0.221 e. The molecule has 0 aliphatic rings. The van der Waals surface area contributed by atoms with Crippen molar-refractivity contribution in [2.75, 3.05) is 24.6 Å². The molecule has 1 amide bonds. The third-order valence-corrected chi connectivity index (χ3v) is 6.88. The first-order valence-corrected chi connectivity index (χ1v) is 12.6. The lowest BCUT2D eigenvalue weighted by molar-refractivity contribution is -0.121. The molecule has 0 fully saturated rings. The van der Waals surface area contributed by atoms with Gasteiger partial charge < -0.3 is 15.3 Å². The first-order valence-electron chi connectivity index (χ1n) is 11.0. The highest BCUT2D eigenvalue weighted by atomic mass is 35.5. The van der Waals surface area contributed by atoms with Gasteiger partial charge in [0.05, 0.1) is 22.3 Å². The van der Waals surface area contributed by atoms with Crippen molar-refractivity contribution in [1.29, 1.82) is 0 Å². The number of carbonyl (C=O) groups is 1. The normalized spacial score (nSPS) is 11.1. The van der Waals surface area contributed by atoms with Crippen LogP contribution < -0.4 is 10.2 Å². The molecule has 33 heavy (non-hydrogen) atoms. The lowest BCUT2D eigenvalue weighted by atomic mass is 10.0. The van der Waals surface area contributed by atoms with Crippen LogP contribution in [0, 0.1) is 5.92 Å². The average molecular weight is 506 g/mol. The number of aliphatic hydroxyl groups excluding tert-OH is 1. The number of aromatic nitrogens is 1. The number of hydrogen-bond donors (Lipinski definition) is 2. The minimum atomic E-state index is -0.0919. The van der Waals surface area contributed by atoms with E-state index < -0.39 is 0 Å². The molecule has 0 radical (unpaired) electrons. The van der Waals surface area contributed by atoms with Gasteiger partial charge >= 0.3 is 0 Å². The van der Waals surface area contributed by atoms with Crippen LogP contribution in [0.4, 0.5) is 5.13 Å². The van der Waals surface area contributed by atoms with E-state index in [4.69, 9.17) is 33.3 Å². The Hall–Kier alpha value is -2.12. The second-order valence-electron chi connectivity index (χ2n) is 8.23. The van der Waals surface area contributed by atoms with E-state index in [1.54, 1.807) is 17.4 Å². The van der Waals surface area contributed by atoms with Gasteiger partial charge in [-0.3, -0.25) is 4.79 Å². The summed E-state index contributed by atoms with van der Waals surface area (Å²) in [5, 5.41) is 13.6. The van der Waals surface area contributed by atoms with Crippen LogP contribution in [0.5, 0.6) is 0 Å². The zero-order valence-corrected chi connectivity index (χ0v) is 21.2. The number of benzene rings is 2. The molecule has 1 aromatic heterocycles. The number of nitrogens with zero attached hydrogens (tertiary/aromatic N) is 2. The Kier molecular flexibility index (Phi) is 9.56. The van der Waals surface area contributed by atoms with E-state index in [0.717, 1.165) is 28.4 Å². The first-order chi connectivity index (χ1) is 15.9. The van der Waals surface area contributed by atoms with Crippen molar-refractivity contribution in [3.05, 3.63) is 69.0 Å². The smallest absolute Gasteiger partial charge is 0.221 e. The van der Waals surface area contributed by atoms with Crippen LogP contribution in [0.1, 0.15) is 30.7 Å². The van der Waals surface area contributed by atoms with Gasteiger partial charge in [0, 0.05) is 36.5 Å². The van der Waals surface area contributed by atoms with E-state index in [2.05, 4.69) is 36.2 Å². The van der Waals surface area contributed by atoms with Crippen molar-refractivity contribution in [1.82, 2.24) is 10.3 Å². The molecule has 0 saturated heterocycles. The van der Waals surface area contributed by atoms with E-state index in [1.807, 2.05) is 30.3 Å². The predicted octanol–water partition coefficient (Wildman–Crippen LogP) is 5.82. The van der Waals surface area contributed by atoms with E-state index >= 15 is 0 Å². The Labute approximate surface area is 209 Å². The largest absolute Gasteiger partial charge is 0.395 e. The lowest BCUT2D eigenvalue weighted by Crippen LogP contribution is -2.32. The van der Waals surface area contributed by atoms with Crippen molar-refractivity contribution in [3.63, 3.8) is 0 Å². The second-order valence-corrected chi connectivity index (χ2v) is 10.1. The van der Waals surface area contributed by atoms with Crippen LogP contribution in [-0.4, -0.2) is 35.7 Å². The number of aliphatic hydroxyl groups is 1. The summed E-state index contributed by atoms with van der Waals surface area (Å²) in [4.78, 5) is 20.5. The molecular weight excluding hydrogens is 477 g/mol. The van der Waals surface area contributed by atoms with Crippen molar-refractivity contribution < 1.29 is 9.90 Å². The fourth-order valence-corrected chi connectivity index (χ4v) is 5.04. The van der Waals surface area contributed by atoms with Gasteiger partial charge in [0.1, 0.15) is 0 Å². The highest BCUT2D eigenvalue weighted by Crippen LogP contribution is 2.37. The summed E-state index contributed by atoms with van der Waals surface area (Å²) in [5.74, 6) is 0.373. The molecule has 3 rings (SSSR count). The Morgan fingerprint density at radius 1 is 1.15 bits per heavy atom. The first kappa shape index (κ1) is 25.5. The summed E-state index contributed by atoms with van der Waals surface area (Å²) in [5.41, 5.74) is 2.98. The van der Waals surface area contributed by atoms with Gasteiger partial charge in [-0.2, -0.15) is 0 Å². The van der Waals surface area contributed by atoms with Crippen molar-refractivity contribution in [2.24, 2.45) is 5.92 Å². The average Bonchev–Trinajstić information content (AvgIpc) is 3.20. The molecular formula is C25H29Cl2N3O2S.